The van der Waals surface area contributed by atoms with Gasteiger partial charge in [-0.05, 0) is 47.7 Å². The van der Waals surface area contributed by atoms with Gasteiger partial charge in [0.2, 0.25) is 0 Å². The van der Waals surface area contributed by atoms with Crippen molar-refractivity contribution in [3.8, 4) is 0 Å². The number of carbonyl (C=O) groups is 2. The van der Waals surface area contributed by atoms with Gasteiger partial charge in [-0.3, -0.25) is 9.59 Å². The van der Waals surface area contributed by atoms with Crippen molar-refractivity contribution >= 4 is 11.8 Å². The average Bonchev–Trinajstić information content (AvgIpc) is 2.76. The minimum absolute atomic E-state index is 0.0842. The molecule has 2 N–H and O–H groups in total. The van der Waals surface area contributed by atoms with E-state index in [9.17, 15) is 9.59 Å². The van der Waals surface area contributed by atoms with Gasteiger partial charge < -0.3 is 10.6 Å². The quantitative estimate of drug-likeness (QED) is 0.663. The smallest absolute Gasteiger partial charge is 0.251 e. The Labute approximate surface area is 165 Å². The fourth-order valence-electron chi connectivity index (χ4n) is 3.08. The van der Waals surface area contributed by atoms with E-state index < -0.39 is 0 Å². The van der Waals surface area contributed by atoms with Crippen LogP contribution in [0.2, 0.25) is 0 Å². The predicted octanol–water partition coefficient (Wildman–Crippen LogP) is 3.76. The van der Waals surface area contributed by atoms with Gasteiger partial charge in [-0.25, -0.2) is 0 Å². The Morgan fingerprint density at radius 1 is 0.714 bits per heavy atom. The lowest BCUT2D eigenvalue weighted by atomic mass is 9.99. The van der Waals surface area contributed by atoms with Crippen LogP contribution in [0.5, 0.6) is 0 Å². The van der Waals surface area contributed by atoms with E-state index in [0.29, 0.717) is 17.7 Å². The van der Waals surface area contributed by atoms with Crippen molar-refractivity contribution in [3.05, 3.63) is 107 Å². The summed E-state index contributed by atoms with van der Waals surface area (Å²) in [6, 6.07) is 25.2. The molecule has 4 nitrogen and oxygen atoms in total. The summed E-state index contributed by atoms with van der Waals surface area (Å²) in [6.07, 6.45) is 1.71. The van der Waals surface area contributed by atoms with Crippen LogP contribution < -0.4 is 10.6 Å². The molecule has 142 valence electrons. The predicted molar refractivity (Wildman–Crippen MR) is 111 cm³/mol. The number of aryl methyl sites for hydroxylation is 2. The second-order valence-corrected chi connectivity index (χ2v) is 6.60. The Morgan fingerprint density at radius 3 is 2.11 bits per heavy atom. The molecule has 3 rings (SSSR count). The van der Waals surface area contributed by atoms with Crippen molar-refractivity contribution < 1.29 is 9.59 Å². The van der Waals surface area contributed by atoms with Gasteiger partial charge in [-0.15, -0.1) is 0 Å². The molecule has 0 radical (unpaired) electrons. The van der Waals surface area contributed by atoms with Gasteiger partial charge >= 0.3 is 0 Å². The Hall–Kier alpha value is -3.40. The van der Waals surface area contributed by atoms with Crippen molar-refractivity contribution in [3.63, 3.8) is 0 Å². The van der Waals surface area contributed by atoms with Gasteiger partial charge in [0.15, 0.2) is 0 Å². The van der Waals surface area contributed by atoms with Crippen molar-refractivity contribution in [1.29, 1.82) is 0 Å². The highest BCUT2D eigenvalue weighted by atomic mass is 16.2. The van der Waals surface area contributed by atoms with Crippen LogP contribution in [0.1, 0.15) is 37.4 Å². The topological polar surface area (TPSA) is 58.2 Å². The monoisotopic (exact) mass is 372 g/mol. The van der Waals surface area contributed by atoms with E-state index in [0.717, 1.165) is 24.0 Å². The first-order valence-corrected chi connectivity index (χ1v) is 9.38. The third-order valence-electron chi connectivity index (χ3n) is 4.68. The number of rotatable bonds is 7. The minimum Gasteiger partial charge on any atom is -0.355 e. The Morgan fingerprint density at radius 2 is 1.39 bits per heavy atom. The van der Waals surface area contributed by atoms with Crippen LogP contribution in [0.4, 0.5) is 0 Å². The molecule has 0 fully saturated rings. The molecule has 0 aliphatic heterocycles. The van der Waals surface area contributed by atoms with E-state index in [1.807, 2.05) is 54.6 Å². The van der Waals surface area contributed by atoms with E-state index in [-0.39, 0.29) is 11.8 Å². The molecule has 2 amide bonds. The molecule has 0 saturated carbocycles. The van der Waals surface area contributed by atoms with Gasteiger partial charge in [0.1, 0.15) is 0 Å². The molecule has 0 heterocycles. The fraction of sp³-hybridized carbons (Fsp3) is 0.167. The highest BCUT2D eigenvalue weighted by Gasteiger charge is 2.11. The normalized spacial score (nSPS) is 10.3. The lowest BCUT2D eigenvalue weighted by Crippen LogP contribution is -2.24. The van der Waals surface area contributed by atoms with E-state index >= 15 is 0 Å². The summed E-state index contributed by atoms with van der Waals surface area (Å²) in [5, 5.41) is 5.57. The number of hydrogen-bond donors (Lipinski definition) is 2. The van der Waals surface area contributed by atoms with E-state index in [1.54, 1.807) is 19.2 Å². The van der Waals surface area contributed by atoms with Gasteiger partial charge in [0, 0.05) is 24.7 Å². The maximum atomic E-state index is 12.7. The molecule has 0 unspecified atom stereocenters. The summed E-state index contributed by atoms with van der Waals surface area (Å²) in [6.45, 7) is 0.417. The van der Waals surface area contributed by atoms with Crippen LogP contribution in [0.15, 0.2) is 78.9 Å². The first-order valence-electron chi connectivity index (χ1n) is 9.38. The van der Waals surface area contributed by atoms with Crippen molar-refractivity contribution in [1.82, 2.24) is 10.6 Å². The highest BCUT2D eigenvalue weighted by Crippen LogP contribution is 2.13. The van der Waals surface area contributed by atoms with Gasteiger partial charge in [-0.1, -0.05) is 60.7 Å². The summed E-state index contributed by atoms with van der Waals surface area (Å²) >= 11 is 0. The van der Waals surface area contributed by atoms with Crippen LogP contribution >= 0.6 is 0 Å². The summed E-state index contributed by atoms with van der Waals surface area (Å²) in [4.78, 5) is 24.3. The molecule has 0 spiro atoms. The second kappa shape index (κ2) is 9.51. The van der Waals surface area contributed by atoms with Crippen molar-refractivity contribution in [2.24, 2.45) is 0 Å². The second-order valence-electron chi connectivity index (χ2n) is 6.60. The van der Waals surface area contributed by atoms with Crippen LogP contribution in [0.25, 0.3) is 0 Å². The number of carbonyl (C=O) groups excluding carboxylic acids is 2. The maximum absolute atomic E-state index is 12.7. The largest absolute Gasteiger partial charge is 0.355 e. The molecule has 3 aromatic carbocycles. The standard InChI is InChI=1S/C24H24N2O2/c1-25-23(27)21-15-12-19(13-16-21)17-26-24(28)22-10-6-5-9-20(22)14-11-18-7-3-2-4-8-18/h2-10,12-13,15-16H,11,14,17H2,1H3,(H,25,27)(H,26,28). The van der Waals surface area contributed by atoms with E-state index in [2.05, 4.69) is 22.8 Å². The molecule has 3 aromatic rings. The van der Waals surface area contributed by atoms with Crippen molar-refractivity contribution in [2.45, 2.75) is 19.4 Å². The summed E-state index contributed by atoms with van der Waals surface area (Å²) < 4.78 is 0. The Bertz CT molecular complexity index is 934. The zero-order valence-corrected chi connectivity index (χ0v) is 15.9. The molecule has 0 aliphatic rings. The van der Waals surface area contributed by atoms with Crippen molar-refractivity contribution in [2.75, 3.05) is 7.05 Å². The summed E-state index contributed by atoms with van der Waals surface area (Å²) in [5.74, 6) is -0.207. The Kier molecular flexibility index (Phi) is 6.58. The molecular weight excluding hydrogens is 348 g/mol. The zero-order chi connectivity index (χ0) is 19.8. The lowest BCUT2D eigenvalue weighted by molar-refractivity contribution is 0.0945. The van der Waals surface area contributed by atoms with Crippen LogP contribution in [-0.2, 0) is 19.4 Å². The molecule has 0 saturated heterocycles. The van der Waals surface area contributed by atoms with Gasteiger partial charge in [-0.2, -0.15) is 0 Å². The maximum Gasteiger partial charge on any atom is 0.251 e. The molecular formula is C24H24N2O2. The molecule has 28 heavy (non-hydrogen) atoms. The SMILES string of the molecule is CNC(=O)c1ccc(CNC(=O)c2ccccc2CCc2ccccc2)cc1. The fourth-order valence-corrected chi connectivity index (χ4v) is 3.08. The summed E-state index contributed by atoms with van der Waals surface area (Å²) in [5.41, 5.74) is 4.56. The molecule has 0 bridgehead atoms. The first-order chi connectivity index (χ1) is 13.7. The third kappa shape index (κ3) is 5.07. The number of nitrogens with one attached hydrogen (secondary N) is 2. The molecule has 0 atom stereocenters. The van der Waals surface area contributed by atoms with E-state index in [4.69, 9.17) is 0 Å². The van der Waals surface area contributed by atoms with E-state index in [1.165, 1.54) is 5.56 Å². The number of benzene rings is 3. The highest BCUT2D eigenvalue weighted by molar-refractivity contribution is 5.96. The molecule has 0 aromatic heterocycles. The number of amides is 2. The third-order valence-corrected chi connectivity index (χ3v) is 4.68. The van der Waals surface area contributed by atoms with Gasteiger partial charge in [0.05, 0.1) is 0 Å². The Balaban J connectivity index is 1.62. The number of hydrogen-bond acceptors (Lipinski definition) is 2. The lowest BCUT2D eigenvalue weighted by Gasteiger charge is -2.11. The zero-order valence-electron chi connectivity index (χ0n) is 15.9. The minimum atomic E-state index is -0.122. The molecule has 4 heteroatoms. The first kappa shape index (κ1) is 19.4. The summed E-state index contributed by atoms with van der Waals surface area (Å²) in [7, 11) is 1.60. The molecule has 0 aliphatic carbocycles. The van der Waals surface area contributed by atoms with Crippen LogP contribution in [0.3, 0.4) is 0 Å². The average molecular weight is 372 g/mol. The van der Waals surface area contributed by atoms with Crippen LogP contribution in [0, 0.1) is 0 Å². The van der Waals surface area contributed by atoms with Crippen LogP contribution in [-0.4, -0.2) is 18.9 Å². The van der Waals surface area contributed by atoms with Gasteiger partial charge in [0.25, 0.3) is 11.8 Å².